The van der Waals surface area contributed by atoms with Gasteiger partial charge in [0.05, 0.1) is 12.0 Å². The lowest BCUT2D eigenvalue weighted by atomic mass is 10.1. The molecule has 0 aromatic heterocycles. The van der Waals surface area contributed by atoms with E-state index >= 15 is 0 Å². The standard InChI is InChI=1S/C21H27N3O4S/c1-23(28-2)29(26,27)20-11-9-17(10-12-20)21(25)22-15-18-7-3-4-8-19(18)16-24-13-5-6-14-24/h3-4,7-12H,5-6,13-16H2,1-2H3,(H,22,25). The average molecular weight is 418 g/mol. The van der Waals surface area contributed by atoms with E-state index in [-0.39, 0.29) is 10.8 Å². The van der Waals surface area contributed by atoms with Gasteiger partial charge >= 0.3 is 0 Å². The van der Waals surface area contributed by atoms with Crippen LogP contribution >= 0.6 is 0 Å². The van der Waals surface area contributed by atoms with E-state index < -0.39 is 10.0 Å². The molecule has 0 saturated carbocycles. The molecule has 0 radical (unpaired) electrons. The molecule has 0 unspecified atom stereocenters. The number of carbonyl (C=O) groups excluding carboxylic acids is 1. The minimum Gasteiger partial charge on any atom is -0.348 e. The number of carbonyl (C=O) groups is 1. The highest BCUT2D eigenvalue weighted by Gasteiger charge is 2.21. The van der Waals surface area contributed by atoms with Crippen LogP contribution in [0.25, 0.3) is 0 Å². The van der Waals surface area contributed by atoms with Gasteiger partial charge < -0.3 is 5.32 Å². The van der Waals surface area contributed by atoms with Crippen molar-refractivity contribution in [3.63, 3.8) is 0 Å². The smallest absolute Gasteiger partial charge is 0.264 e. The predicted octanol–water partition coefficient (Wildman–Crippen LogP) is 2.39. The van der Waals surface area contributed by atoms with Crippen LogP contribution in [0.2, 0.25) is 0 Å². The summed E-state index contributed by atoms with van der Waals surface area (Å²) in [5.74, 6) is -0.245. The lowest BCUT2D eigenvalue weighted by molar-refractivity contribution is -0.0258. The largest absolute Gasteiger partial charge is 0.348 e. The maximum atomic E-state index is 12.5. The van der Waals surface area contributed by atoms with Crippen molar-refractivity contribution < 1.29 is 18.0 Å². The van der Waals surface area contributed by atoms with Crippen molar-refractivity contribution in [3.8, 4) is 0 Å². The van der Waals surface area contributed by atoms with E-state index in [2.05, 4.69) is 16.3 Å². The molecule has 156 valence electrons. The Morgan fingerprint density at radius 2 is 1.69 bits per heavy atom. The second-order valence-electron chi connectivity index (χ2n) is 7.06. The van der Waals surface area contributed by atoms with Gasteiger partial charge in [0.25, 0.3) is 15.9 Å². The second-order valence-corrected chi connectivity index (χ2v) is 8.99. The fourth-order valence-electron chi connectivity index (χ4n) is 3.37. The number of sulfonamides is 1. The van der Waals surface area contributed by atoms with Gasteiger partial charge in [0.2, 0.25) is 0 Å². The zero-order valence-corrected chi connectivity index (χ0v) is 17.6. The third-order valence-corrected chi connectivity index (χ3v) is 6.85. The molecule has 1 heterocycles. The predicted molar refractivity (Wildman–Crippen MR) is 111 cm³/mol. The summed E-state index contributed by atoms with van der Waals surface area (Å²) in [6.07, 6.45) is 2.48. The van der Waals surface area contributed by atoms with E-state index in [0.29, 0.717) is 12.1 Å². The highest BCUT2D eigenvalue weighted by atomic mass is 32.2. The molecule has 0 bridgehead atoms. The number of nitrogens with zero attached hydrogens (tertiary/aromatic N) is 2. The number of amides is 1. The molecule has 1 amide bonds. The highest BCUT2D eigenvalue weighted by Crippen LogP contribution is 2.17. The van der Waals surface area contributed by atoms with Crippen LogP contribution < -0.4 is 5.32 Å². The maximum Gasteiger partial charge on any atom is 0.264 e. The van der Waals surface area contributed by atoms with Crippen LogP contribution in [0.3, 0.4) is 0 Å². The first kappa shape index (κ1) is 21.4. The third kappa shape index (κ3) is 5.22. The van der Waals surface area contributed by atoms with Crippen molar-refractivity contribution in [3.05, 3.63) is 65.2 Å². The second kappa shape index (κ2) is 9.49. The fourth-order valence-corrected chi connectivity index (χ4v) is 4.34. The summed E-state index contributed by atoms with van der Waals surface area (Å²) in [7, 11) is -1.14. The fraction of sp³-hybridized carbons (Fsp3) is 0.381. The molecular weight excluding hydrogens is 390 g/mol. The summed E-state index contributed by atoms with van der Waals surface area (Å²) in [4.78, 5) is 19.8. The van der Waals surface area contributed by atoms with Gasteiger partial charge in [-0.1, -0.05) is 28.7 Å². The normalized spacial score (nSPS) is 15.0. The van der Waals surface area contributed by atoms with Crippen LogP contribution in [0.15, 0.2) is 53.4 Å². The highest BCUT2D eigenvalue weighted by molar-refractivity contribution is 7.89. The van der Waals surface area contributed by atoms with Gasteiger partial charge in [-0.2, -0.15) is 0 Å². The maximum absolute atomic E-state index is 12.5. The molecule has 7 nitrogen and oxygen atoms in total. The SMILES string of the molecule is CON(C)S(=O)(=O)c1ccc(C(=O)NCc2ccccc2CN2CCCC2)cc1. The Hall–Kier alpha value is -2.26. The number of benzene rings is 2. The van der Waals surface area contributed by atoms with E-state index in [1.54, 1.807) is 0 Å². The van der Waals surface area contributed by atoms with Crippen molar-refractivity contribution in [2.45, 2.75) is 30.8 Å². The van der Waals surface area contributed by atoms with Gasteiger partial charge in [0.15, 0.2) is 0 Å². The molecule has 2 aromatic carbocycles. The Balaban J connectivity index is 1.64. The molecule has 2 aromatic rings. The van der Waals surface area contributed by atoms with Crippen LogP contribution in [0, 0.1) is 0 Å². The number of likely N-dealkylation sites (tertiary alicyclic amines) is 1. The Labute approximate surface area is 172 Å². The zero-order valence-electron chi connectivity index (χ0n) is 16.8. The average Bonchev–Trinajstić information content (AvgIpc) is 3.25. The number of hydrogen-bond acceptors (Lipinski definition) is 5. The first-order chi connectivity index (χ1) is 13.9. The van der Waals surface area contributed by atoms with Gasteiger partial charge in [-0.25, -0.2) is 8.42 Å². The van der Waals surface area contributed by atoms with Crippen LogP contribution in [-0.4, -0.2) is 50.9 Å². The first-order valence-corrected chi connectivity index (χ1v) is 11.1. The van der Waals surface area contributed by atoms with Gasteiger partial charge in [-0.3, -0.25) is 14.5 Å². The molecule has 1 aliphatic heterocycles. The molecule has 0 atom stereocenters. The molecule has 8 heteroatoms. The zero-order chi connectivity index (χ0) is 20.9. The van der Waals surface area contributed by atoms with E-state index in [1.807, 2.05) is 18.2 Å². The summed E-state index contributed by atoms with van der Waals surface area (Å²) in [6, 6.07) is 13.9. The minimum absolute atomic E-state index is 0.0642. The van der Waals surface area contributed by atoms with E-state index in [1.165, 1.54) is 56.8 Å². The molecule has 1 fully saturated rings. The molecule has 3 rings (SSSR count). The van der Waals surface area contributed by atoms with Crippen molar-refractivity contribution in [1.82, 2.24) is 14.7 Å². The number of hydroxylamine groups is 1. The summed E-state index contributed by atoms with van der Waals surface area (Å²) in [5, 5.41) is 2.93. The first-order valence-electron chi connectivity index (χ1n) is 9.62. The number of rotatable bonds is 8. The van der Waals surface area contributed by atoms with E-state index in [0.717, 1.165) is 29.7 Å². The summed E-state index contributed by atoms with van der Waals surface area (Å²) < 4.78 is 25.2. The Bertz CT molecular complexity index is 939. The van der Waals surface area contributed by atoms with Crippen molar-refractivity contribution in [2.75, 3.05) is 27.2 Å². The van der Waals surface area contributed by atoms with Gasteiger partial charge in [0.1, 0.15) is 0 Å². The van der Waals surface area contributed by atoms with Gasteiger partial charge in [-0.05, 0) is 61.3 Å². The van der Waals surface area contributed by atoms with Gasteiger partial charge in [0, 0.05) is 25.7 Å². The topological polar surface area (TPSA) is 78.9 Å². The monoisotopic (exact) mass is 417 g/mol. The van der Waals surface area contributed by atoms with Crippen molar-refractivity contribution in [2.24, 2.45) is 0 Å². The molecule has 29 heavy (non-hydrogen) atoms. The lowest BCUT2D eigenvalue weighted by Crippen LogP contribution is -2.26. The summed E-state index contributed by atoms with van der Waals surface area (Å²) in [6.45, 7) is 3.56. The Kier molecular flexibility index (Phi) is 7.02. The van der Waals surface area contributed by atoms with Gasteiger partial charge in [-0.15, -0.1) is 0 Å². The Morgan fingerprint density at radius 3 is 2.31 bits per heavy atom. The number of nitrogens with one attached hydrogen (secondary N) is 1. The van der Waals surface area contributed by atoms with E-state index in [4.69, 9.17) is 4.84 Å². The molecule has 1 aliphatic rings. The molecule has 1 saturated heterocycles. The van der Waals surface area contributed by atoms with Crippen molar-refractivity contribution in [1.29, 1.82) is 0 Å². The minimum atomic E-state index is -3.73. The molecule has 0 aliphatic carbocycles. The number of hydrogen-bond donors (Lipinski definition) is 1. The molecule has 0 spiro atoms. The quantitative estimate of drug-likeness (QED) is 0.668. The van der Waals surface area contributed by atoms with Crippen LogP contribution in [0.1, 0.15) is 34.3 Å². The molecular formula is C21H27N3O4S. The van der Waals surface area contributed by atoms with Crippen LogP contribution in [-0.2, 0) is 28.0 Å². The lowest BCUT2D eigenvalue weighted by Gasteiger charge is -2.18. The van der Waals surface area contributed by atoms with E-state index in [9.17, 15) is 13.2 Å². The van der Waals surface area contributed by atoms with Crippen LogP contribution in [0.4, 0.5) is 0 Å². The summed E-state index contributed by atoms with van der Waals surface area (Å²) >= 11 is 0. The molecule has 1 N–H and O–H groups in total. The third-order valence-electron chi connectivity index (χ3n) is 5.16. The Morgan fingerprint density at radius 1 is 1.07 bits per heavy atom. The summed E-state index contributed by atoms with van der Waals surface area (Å²) in [5.41, 5.74) is 2.72. The van der Waals surface area contributed by atoms with Crippen LogP contribution in [0.5, 0.6) is 0 Å². The van der Waals surface area contributed by atoms with Crippen molar-refractivity contribution >= 4 is 15.9 Å².